The van der Waals surface area contributed by atoms with Gasteiger partial charge in [-0.05, 0) is 6.42 Å². The maximum absolute atomic E-state index is 11.2. The Balaban J connectivity index is 2.28. The van der Waals surface area contributed by atoms with Gasteiger partial charge in [-0.1, -0.05) is 13.3 Å². The minimum atomic E-state index is -0.230. The van der Waals surface area contributed by atoms with Crippen LogP contribution in [0.5, 0.6) is 0 Å². The number of ether oxygens (including phenoxy) is 1. The first-order valence-electron chi connectivity index (χ1n) is 4.84. The third-order valence-corrected chi connectivity index (χ3v) is 2.18. The molecule has 76 valence electrons. The molecule has 0 aromatic heterocycles. The van der Waals surface area contributed by atoms with Gasteiger partial charge in [-0.15, -0.1) is 0 Å². The summed E-state index contributed by atoms with van der Waals surface area (Å²) in [4.78, 5) is 12.9. The molecule has 0 aromatic rings. The Morgan fingerprint density at radius 2 is 2.46 bits per heavy atom. The zero-order valence-electron chi connectivity index (χ0n) is 8.03. The summed E-state index contributed by atoms with van der Waals surface area (Å²) < 4.78 is 5.04. The van der Waals surface area contributed by atoms with Gasteiger partial charge in [0, 0.05) is 19.6 Å². The molecule has 1 amide bonds. The number of carbonyl (C=O) groups is 1. The van der Waals surface area contributed by atoms with Gasteiger partial charge >= 0.3 is 6.09 Å². The maximum atomic E-state index is 11.2. The van der Waals surface area contributed by atoms with E-state index in [2.05, 4.69) is 6.92 Å². The topological polar surface area (TPSA) is 49.8 Å². The van der Waals surface area contributed by atoms with Gasteiger partial charge in [0.15, 0.2) is 0 Å². The highest BCUT2D eigenvalue weighted by Gasteiger charge is 2.29. The van der Waals surface area contributed by atoms with Crippen molar-refractivity contribution in [3.8, 4) is 0 Å². The van der Waals surface area contributed by atoms with Gasteiger partial charge in [-0.3, -0.25) is 0 Å². The van der Waals surface area contributed by atoms with Crippen molar-refractivity contribution in [2.45, 2.75) is 32.3 Å². The van der Waals surface area contributed by atoms with Crippen molar-refractivity contribution in [1.82, 2.24) is 4.90 Å². The third kappa shape index (κ3) is 2.88. The Morgan fingerprint density at radius 3 is 3.08 bits per heavy atom. The second-order valence-corrected chi connectivity index (χ2v) is 3.32. The van der Waals surface area contributed by atoms with E-state index in [1.165, 1.54) is 0 Å². The molecule has 13 heavy (non-hydrogen) atoms. The molecule has 1 N–H and O–H groups in total. The molecule has 0 aliphatic carbocycles. The number of cyclic esters (lactones) is 1. The van der Waals surface area contributed by atoms with Crippen LogP contribution in [0.4, 0.5) is 4.79 Å². The summed E-state index contributed by atoms with van der Waals surface area (Å²) in [5.41, 5.74) is 0. The van der Waals surface area contributed by atoms with Gasteiger partial charge in [0.2, 0.25) is 0 Å². The lowest BCUT2D eigenvalue weighted by atomic mass is 10.2. The van der Waals surface area contributed by atoms with Crippen molar-refractivity contribution in [3.63, 3.8) is 0 Å². The SMILES string of the molecule is CCCCN1CC(CCO)OC1=O. The van der Waals surface area contributed by atoms with Gasteiger partial charge < -0.3 is 14.7 Å². The van der Waals surface area contributed by atoms with Crippen LogP contribution in [-0.4, -0.2) is 41.9 Å². The third-order valence-electron chi connectivity index (χ3n) is 2.18. The highest BCUT2D eigenvalue weighted by Crippen LogP contribution is 2.14. The van der Waals surface area contributed by atoms with Crippen molar-refractivity contribution in [2.75, 3.05) is 19.7 Å². The second kappa shape index (κ2) is 5.07. The molecule has 0 saturated carbocycles. The van der Waals surface area contributed by atoms with Crippen LogP contribution in [0.15, 0.2) is 0 Å². The van der Waals surface area contributed by atoms with Crippen LogP contribution in [0.1, 0.15) is 26.2 Å². The molecule has 1 aliphatic heterocycles. The fourth-order valence-corrected chi connectivity index (χ4v) is 1.40. The largest absolute Gasteiger partial charge is 0.444 e. The van der Waals surface area contributed by atoms with Crippen LogP contribution >= 0.6 is 0 Å². The molecule has 0 spiro atoms. The number of aliphatic hydroxyl groups is 1. The molecule has 1 saturated heterocycles. The summed E-state index contributed by atoms with van der Waals surface area (Å²) in [7, 11) is 0. The lowest BCUT2D eigenvalue weighted by Gasteiger charge is -2.10. The minimum Gasteiger partial charge on any atom is -0.444 e. The number of carbonyl (C=O) groups excluding carboxylic acids is 1. The van der Waals surface area contributed by atoms with Crippen LogP contribution in [0, 0.1) is 0 Å². The van der Waals surface area contributed by atoms with Gasteiger partial charge in [-0.2, -0.15) is 0 Å². The fourth-order valence-electron chi connectivity index (χ4n) is 1.40. The molecular weight excluding hydrogens is 170 g/mol. The molecule has 1 aliphatic rings. The summed E-state index contributed by atoms with van der Waals surface area (Å²) in [6.07, 6.45) is 2.31. The first-order valence-corrected chi connectivity index (χ1v) is 4.84. The molecule has 1 atom stereocenters. The summed E-state index contributed by atoms with van der Waals surface area (Å²) in [6, 6.07) is 0. The fraction of sp³-hybridized carbons (Fsp3) is 0.889. The monoisotopic (exact) mass is 187 g/mol. The Bertz CT molecular complexity index is 172. The smallest absolute Gasteiger partial charge is 0.410 e. The molecule has 1 rings (SSSR count). The van der Waals surface area contributed by atoms with Gasteiger partial charge in [0.05, 0.1) is 6.54 Å². The number of hydrogen-bond donors (Lipinski definition) is 1. The lowest BCUT2D eigenvalue weighted by Crippen LogP contribution is -2.26. The van der Waals surface area contributed by atoms with Crippen LogP contribution in [0.2, 0.25) is 0 Å². The molecule has 1 unspecified atom stereocenters. The standard InChI is InChI=1S/C9H17NO3/c1-2-3-5-10-7-8(4-6-11)13-9(10)12/h8,11H,2-7H2,1H3. The number of nitrogens with zero attached hydrogens (tertiary/aromatic N) is 1. The summed E-state index contributed by atoms with van der Waals surface area (Å²) in [5, 5.41) is 8.67. The summed E-state index contributed by atoms with van der Waals surface area (Å²) >= 11 is 0. The number of hydrogen-bond acceptors (Lipinski definition) is 3. The zero-order chi connectivity index (χ0) is 9.68. The van der Waals surface area contributed by atoms with Crippen molar-refractivity contribution in [1.29, 1.82) is 0 Å². The van der Waals surface area contributed by atoms with Gasteiger partial charge in [0.25, 0.3) is 0 Å². The van der Waals surface area contributed by atoms with Crippen molar-refractivity contribution in [3.05, 3.63) is 0 Å². The quantitative estimate of drug-likeness (QED) is 0.698. The van der Waals surface area contributed by atoms with Crippen LogP contribution < -0.4 is 0 Å². The number of unbranched alkanes of at least 4 members (excludes halogenated alkanes) is 1. The van der Waals surface area contributed by atoms with Crippen molar-refractivity contribution < 1.29 is 14.6 Å². The minimum absolute atomic E-state index is 0.0829. The number of amides is 1. The molecule has 1 fully saturated rings. The van der Waals surface area contributed by atoms with Crippen molar-refractivity contribution in [2.24, 2.45) is 0 Å². The number of aliphatic hydroxyl groups excluding tert-OH is 1. The highest BCUT2D eigenvalue weighted by molar-refractivity contribution is 5.69. The molecule has 0 aromatic carbocycles. The van der Waals surface area contributed by atoms with Crippen LogP contribution in [0.3, 0.4) is 0 Å². The first kappa shape index (κ1) is 10.3. The molecule has 0 bridgehead atoms. The average Bonchev–Trinajstić information content (AvgIpc) is 2.44. The van der Waals surface area contributed by atoms with E-state index in [4.69, 9.17) is 9.84 Å². The van der Waals surface area contributed by atoms with E-state index in [0.717, 1.165) is 19.4 Å². The molecular formula is C9H17NO3. The Labute approximate surface area is 78.5 Å². The summed E-state index contributed by atoms with van der Waals surface area (Å²) in [5.74, 6) is 0. The maximum Gasteiger partial charge on any atom is 0.410 e. The van der Waals surface area contributed by atoms with E-state index in [-0.39, 0.29) is 18.8 Å². The Kier molecular flexibility index (Phi) is 4.02. The zero-order valence-corrected chi connectivity index (χ0v) is 8.03. The van der Waals surface area contributed by atoms with Crippen LogP contribution in [-0.2, 0) is 4.74 Å². The predicted molar refractivity (Wildman–Crippen MR) is 48.5 cm³/mol. The van der Waals surface area contributed by atoms with E-state index >= 15 is 0 Å². The lowest BCUT2D eigenvalue weighted by molar-refractivity contribution is 0.117. The first-order chi connectivity index (χ1) is 6.27. The molecule has 1 heterocycles. The van der Waals surface area contributed by atoms with Crippen molar-refractivity contribution >= 4 is 6.09 Å². The van der Waals surface area contributed by atoms with E-state index in [1.807, 2.05) is 0 Å². The predicted octanol–water partition coefficient (Wildman–Crippen LogP) is 0.990. The van der Waals surface area contributed by atoms with E-state index < -0.39 is 0 Å². The molecule has 0 radical (unpaired) electrons. The molecule has 4 nitrogen and oxygen atoms in total. The average molecular weight is 187 g/mol. The van der Waals surface area contributed by atoms with Gasteiger partial charge in [-0.25, -0.2) is 4.79 Å². The number of rotatable bonds is 5. The molecule has 4 heteroatoms. The summed E-state index contributed by atoms with van der Waals surface area (Å²) in [6.45, 7) is 3.59. The van der Waals surface area contributed by atoms with E-state index in [1.54, 1.807) is 4.90 Å². The van der Waals surface area contributed by atoms with Gasteiger partial charge in [0.1, 0.15) is 6.10 Å². The normalized spacial score (nSPS) is 22.2. The second-order valence-electron chi connectivity index (χ2n) is 3.32. The van der Waals surface area contributed by atoms with Crippen LogP contribution in [0.25, 0.3) is 0 Å². The highest BCUT2D eigenvalue weighted by atomic mass is 16.6. The van der Waals surface area contributed by atoms with E-state index in [0.29, 0.717) is 13.0 Å². The Hall–Kier alpha value is -0.770. The Morgan fingerprint density at radius 1 is 1.69 bits per heavy atom. The van der Waals surface area contributed by atoms with E-state index in [9.17, 15) is 4.79 Å².